The van der Waals surface area contributed by atoms with Crippen molar-refractivity contribution in [2.45, 2.75) is 65.8 Å². The van der Waals surface area contributed by atoms with Crippen LogP contribution in [0.25, 0.3) is 0 Å². The maximum Gasteiger partial charge on any atom is 0.243 e. The maximum atomic E-state index is 13.2. The molecule has 2 amide bonds. The maximum absolute atomic E-state index is 13.2. The average Bonchev–Trinajstić information content (AvgIpc) is 2.76. The number of carbonyl (C=O) groups is 3. The lowest BCUT2D eigenvalue weighted by Crippen LogP contribution is -2.58. The number of likely N-dealkylation sites (tertiary alicyclic amines) is 1. The number of fused-ring (bicyclic) bond motifs is 2. The fourth-order valence-corrected chi connectivity index (χ4v) is 4.29. The molecular formula is C18H27NO3. The molecule has 22 heavy (non-hydrogen) atoms. The number of hydrogen-bond donors (Lipinski definition) is 0. The van der Waals surface area contributed by atoms with Crippen LogP contribution in [0.5, 0.6) is 0 Å². The quantitative estimate of drug-likeness (QED) is 0.579. The molecule has 4 nitrogen and oxygen atoms in total. The van der Waals surface area contributed by atoms with Gasteiger partial charge in [-0.3, -0.25) is 19.3 Å². The third-order valence-corrected chi connectivity index (χ3v) is 6.36. The van der Waals surface area contributed by atoms with Gasteiger partial charge in [-0.25, -0.2) is 0 Å². The molecule has 1 aliphatic carbocycles. The second-order valence-corrected chi connectivity index (χ2v) is 7.67. The van der Waals surface area contributed by atoms with Crippen LogP contribution in [0.4, 0.5) is 0 Å². The number of imide groups is 1. The van der Waals surface area contributed by atoms with Crippen molar-refractivity contribution in [1.29, 1.82) is 0 Å². The summed E-state index contributed by atoms with van der Waals surface area (Å²) in [6, 6.07) is 0. The summed E-state index contributed by atoms with van der Waals surface area (Å²) in [4.78, 5) is 39.8. The molecule has 2 fully saturated rings. The van der Waals surface area contributed by atoms with E-state index in [1.54, 1.807) is 19.9 Å². The van der Waals surface area contributed by atoms with Crippen LogP contribution in [0.3, 0.4) is 0 Å². The second-order valence-electron chi connectivity index (χ2n) is 7.67. The first-order valence-corrected chi connectivity index (χ1v) is 8.10. The number of Topliss-reactive ketones (excluding diaryl/α,β-unsaturated/α-hetero) is 1. The summed E-state index contributed by atoms with van der Waals surface area (Å²) in [5.41, 5.74) is -1.93. The SMILES string of the molecule is C=CC[C@@](C)(C(=O)CC)C(=O)N1C(=O)[C@H]2CC[C@]1(C)C2(C)C. The van der Waals surface area contributed by atoms with E-state index in [0.717, 1.165) is 12.8 Å². The van der Waals surface area contributed by atoms with E-state index in [1.165, 1.54) is 4.90 Å². The number of piperidine rings is 1. The highest BCUT2D eigenvalue weighted by Crippen LogP contribution is 2.60. The molecular weight excluding hydrogens is 278 g/mol. The van der Waals surface area contributed by atoms with E-state index in [9.17, 15) is 14.4 Å². The molecule has 0 unspecified atom stereocenters. The van der Waals surface area contributed by atoms with Crippen molar-refractivity contribution in [1.82, 2.24) is 4.90 Å². The Bertz CT molecular complexity index is 551. The van der Waals surface area contributed by atoms with Crippen LogP contribution in [0, 0.1) is 16.7 Å². The molecule has 3 atom stereocenters. The van der Waals surface area contributed by atoms with E-state index in [-0.39, 0.29) is 41.8 Å². The predicted molar refractivity (Wildman–Crippen MR) is 85.0 cm³/mol. The number of allylic oxidation sites excluding steroid dienone is 1. The van der Waals surface area contributed by atoms with E-state index in [2.05, 4.69) is 20.4 Å². The normalized spacial score (nSPS) is 32.0. The zero-order valence-electron chi connectivity index (χ0n) is 14.4. The molecule has 1 heterocycles. The van der Waals surface area contributed by atoms with Crippen molar-refractivity contribution in [3.63, 3.8) is 0 Å². The molecule has 2 bridgehead atoms. The minimum absolute atomic E-state index is 0.108. The zero-order chi connectivity index (χ0) is 16.9. The highest BCUT2D eigenvalue weighted by molar-refractivity contribution is 6.12. The first-order chi connectivity index (χ1) is 10.1. The van der Waals surface area contributed by atoms with Gasteiger partial charge in [0.1, 0.15) is 11.2 Å². The molecule has 1 saturated carbocycles. The Hall–Kier alpha value is -1.45. The topological polar surface area (TPSA) is 54.5 Å². The largest absolute Gasteiger partial charge is 0.299 e. The number of carbonyl (C=O) groups excluding carboxylic acids is 3. The Morgan fingerprint density at radius 1 is 1.41 bits per heavy atom. The average molecular weight is 305 g/mol. The molecule has 1 saturated heterocycles. The van der Waals surface area contributed by atoms with Gasteiger partial charge in [0.25, 0.3) is 0 Å². The standard InChI is InChI=1S/C18H27NO3/c1-7-10-17(5,13(20)8-2)15(22)19-14(21)12-9-11-18(19,6)16(12,3)4/h7,12H,1,8-11H2,2-6H3/t12-,17+,18-/m1/s1. The van der Waals surface area contributed by atoms with Gasteiger partial charge in [0.05, 0.1) is 5.54 Å². The lowest BCUT2D eigenvalue weighted by molar-refractivity contribution is -0.160. The minimum Gasteiger partial charge on any atom is -0.299 e. The van der Waals surface area contributed by atoms with Crippen LogP contribution in [-0.2, 0) is 14.4 Å². The van der Waals surface area contributed by atoms with Crippen LogP contribution >= 0.6 is 0 Å². The van der Waals surface area contributed by atoms with Crippen molar-refractivity contribution in [3.8, 4) is 0 Å². The van der Waals surface area contributed by atoms with Crippen LogP contribution in [0.1, 0.15) is 60.3 Å². The lowest BCUT2D eigenvalue weighted by Gasteiger charge is -2.43. The number of rotatable bonds is 5. The summed E-state index contributed by atoms with van der Waals surface area (Å²) < 4.78 is 0. The molecule has 0 N–H and O–H groups in total. The molecule has 122 valence electrons. The first kappa shape index (κ1) is 16.9. The zero-order valence-corrected chi connectivity index (χ0v) is 14.4. The Labute approximate surface area is 132 Å². The van der Waals surface area contributed by atoms with Crippen molar-refractivity contribution >= 4 is 17.6 Å². The molecule has 4 heteroatoms. The van der Waals surface area contributed by atoms with Crippen LogP contribution in [-0.4, -0.2) is 28.0 Å². The summed E-state index contributed by atoms with van der Waals surface area (Å²) in [6.07, 6.45) is 3.78. The number of hydrogen-bond acceptors (Lipinski definition) is 3. The van der Waals surface area contributed by atoms with E-state index in [4.69, 9.17) is 0 Å². The van der Waals surface area contributed by atoms with Gasteiger partial charge >= 0.3 is 0 Å². The van der Waals surface area contributed by atoms with Gasteiger partial charge in [0.2, 0.25) is 11.8 Å². The van der Waals surface area contributed by atoms with Crippen LogP contribution in [0.2, 0.25) is 0 Å². The van der Waals surface area contributed by atoms with Crippen molar-refractivity contribution in [3.05, 3.63) is 12.7 Å². The predicted octanol–water partition coefficient (Wildman–Crippen LogP) is 3.11. The minimum atomic E-state index is -1.18. The Kier molecular flexibility index (Phi) is 3.87. The summed E-state index contributed by atoms with van der Waals surface area (Å²) in [7, 11) is 0. The van der Waals surface area contributed by atoms with Crippen LogP contribution in [0.15, 0.2) is 12.7 Å². The number of nitrogens with zero attached hydrogens (tertiary/aromatic N) is 1. The monoisotopic (exact) mass is 305 g/mol. The van der Waals surface area contributed by atoms with Gasteiger partial charge in [0.15, 0.2) is 0 Å². The number of amides is 2. The summed E-state index contributed by atoms with van der Waals surface area (Å²) >= 11 is 0. The van der Waals surface area contributed by atoms with Gasteiger partial charge in [-0.15, -0.1) is 6.58 Å². The summed E-state index contributed by atoms with van der Waals surface area (Å²) in [5.74, 6) is -0.703. The van der Waals surface area contributed by atoms with Crippen molar-refractivity contribution < 1.29 is 14.4 Å². The third-order valence-electron chi connectivity index (χ3n) is 6.36. The van der Waals surface area contributed by atoms with Gasteiger partial charge in [-0.2, -0.15) is 0 Å². The first-order valence-electron chi connectivity index (χ1n) is 8.10. The fraction of sp³-hybridized carbons (Fsp3) is 0.722. The van der Waals surface area contributed by atoms with E-state index in [1.807, 2.05) is 6.92 Å². The second kappa shape index (κ2) is 5.04. The van der Waals surface area contributed by atoms with E-state index in [0.29, 0.717) is 0 Å². The van der Waals surface area contributed by atoms with Gasteiger partial charge in [0, 0.05) is 12.3 Å². The summed E-state index contributed by atoms with van der Waals surface area (Å²) in [5, 5.41) is 0. The number of ketones is 1. The molecule has 2 aliphatic rings. The summed E-state index contributed by atoms with van der Waals surface area (Å²) in [6.45, 7) is 13.2. The molecule has 1 aliphatic heterocycles. The van der Waals surface area contributed by atoms with Crippen molar-refractivity contribution in [2.24, 2.45) is 16.7 Å². The Morgan fingerprint density at radius 3 is 2.41 bits per heavy atom. The fourth-order valence-electron chi connectivity index (χ4n) is 4.29. The van der Waals surface area contributed by atoms with E-state index < -0.39 is 11.0 Å². The molecule has 0 radical (unpaired) electrons. The third kappa shape index (κ3) is 1.85. The molecule has 0 aromatic carbocycles. The van der Waals surface area contributed by atoms with Gasteiger partial charge < -0.3 is 0 Å². The van der Waals surface area contributed by atoms with Crippen molar-refractivity contribution in [2.75, 3.05) is 0 Å². The highest BCUT2D eigenvalue weighted by atomic mass is 16.2. The molecule has 0 spiro atoms. The molecule has 0 aromatic rings. The molecule has 0 aromatic heterocycles. The Balaban J connectivity index is 2.47. The smallest absolute Gasteiger partial charge is 0.243 e. The van der Waals surface area contributed by atoms with E-state index >= 15 is 0 Å². The van der Waals surface area contributed by atoms with Crippen LogP contribution < -0.4 is 0 Å². The van der Waals surface area contributed by atoms with Gasteiger partial charge in [-0.05, 0) is 38.5 Å². The highest BCUT2D eigenvalue weighted by Gasteiger charge is 2.68. The molecule has 2 rings (SSSR count). The Morgan fingerprint density at radius 2 is 2.00 bits per heavy atom. The lowest BCUT2D eigenvalue weighted by atomic mass is 9.73. The van der Waals surface area contributed by atoms with Gasteiger partial charge in [-0.1, -0.05) is 26.8 Å².